The highest BCUT2D eigenvalue weighted by Crippen LogP contribution is 2.31. The fourth-order valence-electron chi connectivity index (χ4n) is 2.57. The van der Waals surface area contributed by atoms with E-state index in [9.17, 15) is 9.59 Å². The Bertz CT molecular complexity index is 1100. The van der Waals surface area contributed by atoms with E-state index in [1.807, 2.05) is 30.3 Å². The number of rotatable bonds is 3. The van der Waals surface area contributed by atoms with Gasteiger partial charge in [-0.15, -0.1) is 0 Å². The van der Waals surface area contributed by atoms with E-state index in [4.69, 9.17) is 12.2 Å². The molecule has 0 radical (unpaired) electrons. The van der Waals surface area contributed by atoms with Crippen molar-refractivity contribution in [1.82, 2.24) is 20.4 Å². The number of hydrogen-bond donors (Lipinski definition) is 1. The van der Waals surface area contributed by atoms with E-state index in [-0.39, 0.29) is 10.2 Å². The highest BCUT2D eigenvalue weighted by molar-refractivity contribution is 8.26. The molecule has 0 saturated carbocycles. The molecular formula is C19H12N4O2S2. The van der Waals surface area contributed by atoms with E-state index in [1.54, 1.807) is 24.4 Å². The number of nitrogens with one attached hydrogen (secondary N) is 1. The number of pyridine rings is 2. The van der Waals surface area contributed by atoms with Gasteiger partial charge >= 0.3 is 0 Å². The summed E-state index contributed by atoms with van der Waals surface area (Å²) in [6.07, 6.45) is 6.50. The molecule has 1 aromatic carbocycles. The maximum atomic E-state index is 12.7. The highest BCUT2D eigenvalue weighted by atomic mass is 32.2. The van der Waals surface area contributed by atoms with Crippen LogP contribution in [0.15, 0.2) is 66.0 Å². The Hall–Kier alpha value is -3.10. The van der Waals surface area contributed by atoms with Gasteiger partial charge in [-0.05, 0) is 54.2 Å². The molecule has 8 heteroatoms. The van der Waals surface area contributed by atoms with Gasteiger partial charge in [-0.1, -0.05) is 23.9 Å². The summed E-state index contributed by atoms with van der Waals surface area (Å²) in [4.78, 5) is 33.5. The molecule has 0 spiro atoms. The monoisotopic (exact) mass is 392 g/mol. The summed E-state index contributed by atoms with van der Waals surface area (Å²) in [7, 11) is 0. The second kappa shape index (κ2) is 7.26. The lowest BCUT2D eigenvalue weighted by atomic mass is 10.1. The second-order valence-electron chi connectivity index (χ2n) is 5.65. The predicted molar refractivity (Wildman–Crippen MR) is 108 cm³/mol. The summed E-state index contributed by atoms with van der Waals surface area (Å²) in [5.41, 5.74) is 4.68. The van der Waals surface area contributed by atoms with Crippen LogP contribution in [0.3, 0.4) is 0 Å². The summed E-state index contributed by atoms with van der Waals surface area (Å²) in [5.74, 6) is -0.787. The maximum Gasteiger partial charge on any atom is 0.285 e. The minimum atomic E-state index is -0.424. The van der Waals surface area contributed by atoms with Gasteiger partial charge in [0.2, 0.25) is 0 Å². The minimum Gasteiger partial charge on any atom is -0.267 e. The van der Waals surface area contributed by atoms with Gasteiger partial charge in [-0.3, -0.25) is 25.0 Å². The molecule has 27 heavy (non-hydrogen) atoms. The third-order valence-electron chi connectivity index (χ3n) is 3.87. The van der Waals surface area contributed by atoms with Crippen molar-refractivity contribution >= 4 is 57.1 Å². The van der Waals surface area contributed by atoms with Crippen LogP contribution < -0.4 is 5.43 Å². The van der Waals surface area contributed by atoms with Crippen LogP contribution in [0.2, 0.25) is 0 Å². The van der Waals surface area contributed by atoms with Crippen LogP contribution in [0.25, 0.3) is 17.0 Å². The molecule has 3 heterocycles. The van der Waals surface area contributed by atoms with Crippen LogP contribution in [0.5, 0.6) is 0 Å². The molecule has 0 atom stereocenters. The fraction of sp³-hybridized carbons (Fsp3) is 0. The van der Waals surface area contributed by atoms with Crippen LogP contribution in [-0.4, -0.2) is 31.1 Å². The van der Waals surface area contributed by atoms with Crippen molar-refractivity contribution in [3.05, 3.63) is 77.1 Å². The molecular weight excluding hydrogens is 380 g/mol. The molecule has 1 saturated heterocycles. The average Bonchev–Trinajstić information content (AvgIpc) is 2.96. The lowest BCUT2D eigenvalue weighted by Crippen LogP contribution is -2.44. The van der Waals surface area contributed by atoms with E-state index in [2.05, 4.69) is 15.4 Å². The normalized spacial score (nSPS) is 15.6. The number of aromatic nitrogens is 2. The Labute approximate surface area is 164 Å². The van der Waals surface area contributed by atoms with Crippen LogP contribution in [0, 0.1) is 0 Å². The van der Waals surface area contributed by atoms with Gasteiger partial charge < -0.3 is 0 Å². The summed E-state index contributed by atoms with van der Waals surface area (Å²) in [6, 6.07) is 12.7. The van der Waals surface area contributed by atoms with Gasteiger partial charge in [-0.2, -0.15) is 5.01 Å². The summed E-state index contributed by atoms with van der Waals surface area (Å²) in [5, 5.41) is 2.07. The number of carbonyl (C=O) groups is 2. The molecule has 0 unspecified atom stereocenters. The Kier molecular flexibility index (Phi) is 4.66. The predicted octanol–water partition coefficient (Wildman–Crippen LogP) is 3.18. The lowest BCUT2D eigenvalue weighted by molar-refractivity contribution is -0.123. The Morgan fingerprint density at radius 2 is 1.96 bits per heavy atom. The molecule has 3 aromatic rings. The zero-order valence-corrected chi connectivity index (χ0v) is 15.5. The van der Waals surface area contributed by atoms with Gasteiger partial charge in [0, 0.05) is 29.5 Å². The number of thioether (sulfide) groups is 1. The number of benzene rings is 1. The zero-order valence-electron chi connectivity index (χ0n) is 13.8. The average molecular weight is 392 g/mol. The van der Waals surface area contributed by atoms with Gasteiger partial charge in [0.1, 0.15) is 0 Å². The van der Waals surface area contributed by atoms with E-state index >= 15 is 0 Å². The van der Waals surface area contributed by atoms with Crippen molar-refractivity contribution in [2.24, 2.45) is 0 Å². The zero-order chi connectivity index (χ0) is 18.8. The second-order valence-corrected chi connectivity index (χ2v) is 7.33. The smallest absolute Gasteiger partial charge is 0.267 e. The number of carbonyl (C=O) groups excluding carboxylic acids is 2. The molecule has 4 rings (SSSR count). The number of thiocarbonyl (C=S) groups is 1. The molecule has 1 N–H and O–H groups in total. The van der Waals surface area contributed by atoms with E-state index in [1.165, 1.54) is 12.4 Å². The minimum absolute atomic E-state index is 0.274. The van der Waals surface area contributed by atoms with E-state index in [0.717, 1.165) is 33.2 Å². The maximum absolute atomic E-state index is 12.7. The van der Waals surface area contributed by atoms with Crippen molar-refractivity contribution in [3.63, 3.8) is 0 Å². The van der Waals surface area contributed by atoms with Crippen molar-refractivity contribution < 1.29 is 9.59 Å². The van der Waals surface area contributed by atoms with Gasteiger partial charge in [-0.25, -0.2) is 0 Å². The Morgan fingerprint density at radius 3 is 2.78 bits per heavy atom. The number of fused-ring (bicyclic) bond motifs is 1. The van der Waals surface area contributed by atoms with Crippen LogP contribution in [-0.2, 0) is 4.79 Å². The van der Waals surface area contributed by atoms with Gasteiger partial charge in [0.15, 0.2) is 4.32 Å². The first-order valence-electron chi connectivity index (χ1n) is 7.95. The molecule has 0 bridgehead atoms. The van der Waals surface area contributed by atoms with Crippen molar-refractivity contribution in [3.8, 4) is 0 Å². The molecule has 2 aromatic heterocycles. The van der Waals surface area contributed by atoms with Crippen LogP contribution in [0.4, 0.5) is 0 Å². The fourth-order valence-corrected chi connectivity index (χ4v) is 3.75. The molecule has 1 aliphatic rings. The highest BCUT2D eigenvalue weighted by Gasteiger charge is 2.33. The summed E-state index contributed by atoms with van der Waals surface area (Å²) in [6.45, 7) is 0. The van der Waals surface area contributed by atoms with Crippen molar-refractivity contribution in [2.75, 3.05) is 0 Å². The first-order chi connectivity index (χ1) is 13.1. The summed E-state index contributed by atoms with van der Waals surface area (Å²) >= 11 is 6.39. The topological polar surface area (TPSA) is 75.2 Å². The van der Waals surface area contributed by atoms with Crippen LogP contribution >= 0.6 is 24.0 Å². The third-order valence-corrected chi connectivity index (χ3v) is 5.18. The SMILES string of the molecule is O=C(NN1C(=O)/C(=C\c2ccc3ncccc3c2)SC1=S)c1ccncc1. The van der Waals surface area contributed by atoms with Crippen LogP contribution in [0.1, 0.15) is 15.9 Å². The number of hydrogen-bond acceptors (Lipinski definition) is 6. The molecule has 2 amide bonds. The Morgan fingerprint density at radius 1 is 1.15 bits per heavy atom. The summed E-state index contributed by atoms with van der Waals surface area (Å²) < 4.78 is 0.274. The largest absolute Gasteiger partial charge is 0.285 e. The Balaban J connectivity index is 1.56. The van der Waals surface area contributed by atoms with E-state index in [0.29, 0.717) is 10.5 Å². The number of amides is 2. The molecule has 6 nitrogen and oxygen atoms in total. The molecule has 1 fully saturated rings. The van der Waals surface area contributed by atoms with Crippen molar-refractivity contribution in [1.29, 1.82) is 0 Å². The third kappa shape index (κ3) is 3.57. The van der Waals surface area contributed by atoms with E-state index < -0.39 is 5.91 Å². The number of hydrazine groups is 1. The van der Waals surface area contributed by atoms with Gasteiger partial charge in [0.25, 0.3) is 11.8 Å². The van der Waals surface area contributed by atoms with Gasteiger partial charge in [0.05, 0.1) is 10.4 Å². The standard InChI is InChI=1S/C19H12N4O2S2/c24-17(13-5-8-20-9-6-13)22-23-18(25)16(27-19(23)26)11-12-3-4-15-14(10-12)2-1-7-21-15/h1-11H,(H,22,24)/b16-11+. The lowest BCUT2D eigenvalue weighted by Gasteiger charge is -2.15. The molecule has 0 aliphatic carbocycles. The quantitative estimate of drug-likeness (QED) is 0.545. The first-order valence-corrected chi connectivity index (χ1v) is 9.18. The molecule has 132 valence electrons. The number of nitrogens with zero attached hydrogens (tertiary/aromatic N) is 3. The van der Waals surface area contributed by atoms with Crippen molar-refractivity contribution in [2.45, 2.75) is 0 Å². The first kappa shape index (κ1) is 17.3. The molecule has 1 aliphatic heterocycles.